The largest absolute Gasteiger partial charge is 0.448 e. The fourth-order valence-corrected chi connectivity index (χ4v) is 3.23. The maximum absolute atomic E-state index is 12.9. The molecule has 1 aliphatic rings. The molecular formula is C22H24N2O4. The highest BCUT2D eigenvalue weighted by molar-refractivity contribution is 5.76. The monoisotopic (exact) mass is 380 g/mol. The number of hydrogen-bond donors (Lipinski definition) is 0. The minimum absolute atomic E-state index is 0.202. The van der Waals surface area contributed by atoms with Crippen LogP contribution in [0.25, 0.3) is 0 Å². The summed E-state index contributed by atoms with van der Waals surface area (Å²) < 4.78 is 10.6. The zero-order chi connectivity index (χ0) is 19.9. The lowest BCUT2D eigenvalue weighted by atomic mass is 9.99. The molecule has 0 saturated heterocycles. The number of hydrogen-bond acceptors (Lipinski definition) is 4. The Bertz CT molecular complexity index is 753. The number of rotatable bonds is 4. The van der Waals surface area contributed by atoms with Gasteiger partial charge in [0, 0.05) is 0 Å². The van der Waals surface area contributed by atoms with Crippen LogP contribution >= 0.6 is 0 Å². The van der Waals surface area contributed by atoms with Crippen molar-refractivity contribution in [2.45, 2.75) is 25.9 Å². The second-order valence-corrected chi connectivity index (χ2v) is 6.18. The van der Waals surface area contributed by atoms with Crippen molar-refractivity contribution >= 4 is 12.2 Å². The number of ether oxygens (including phenoxy) is 2. The van der Waals surface area contributed by atoms with E-state index in [9.17, 15) is 9.59 Å². The highest BCUT2D eigenvalue weighted by atomic mass is 16.6. The van der Waals surface area contributed by atoms with Gasteiger partial charge in [0.25, 0.3) is 0 Å². The molecule has 0 bridgehead atoms. The summed E-state index contributed by atoms with van der Waals surface area (Å²) in [4.78, 5) is 25.8. The van der Waals surface area contributed by atoms with Gasteiger partial charge in [0.15, 0.2) is 0 Å². The number of benzene rings is 2. The van der Waals surface area contributed by atoms with Gasteiger partial charge in [-0.2, -0.15) is 0 Å². The van der Waals surface area contributed by atoms with E-state index in [0.717, 1.165) is 11.1 Å². The van der Waals surface area contributed by atoms with E-state index in [1.807, 2.05) is 72.8 Å². The molecule has 6 nitrogen and oxygen atoms in total. The summed E-state index contributed by atoms with van der Waals surface area (Å²) in [6.45, 7) is 3.87. The van der Waals surface area contributed by atoms with Gasteiger partial charge < -0.3 is 9.47 Å². The lowest BCUT2D eigenvalue weighted by Gasteiger charge is -2.44. The van der Waals surface area contributed by atoms with Gasteiger partial charge in [0.2, 0.25) is 0 Å². The lowest BCUT2D eigenvalue weighted by Crippen LogP contribution is -2.54. The number of nitrogens with zero attached hydrogens (tertiary/aromatic N) is 2. The highest BCUT2D eigenvalue weighted by Gasteiger charge is 2.41. The molecule has 6 heteroatoms. The zero-order valence-electron chi connectivity index (χ0n) is 16.0. The third-order valence-corrected chi connectivity index (χ3v) is 4.43. The maximum Gasteiger partial charge on any atom is 0.429 e. The molecule has 1 aliphatic heterocycles. The second kappa shape index (κ2) is 9.08. The predicted molar refractivity (Wildman–Crippen MR) is 105 cm³/mol. The van der Waals surface area contributed by atoms with Crippen LogP contribution in [0.2, 0.25) is 0 Å². The summed E-state index contributed by atoms with van der Waals surface area (Å²) in [5, 5.41) is 2.68. The quantitative estimate of drug-likeness (QED) is 0.710. The Kier molecular flexibility index (Phi) is 6.32. The van der Waals surface area contributed by atoms with Crippen LogP contribution < -0.4 is 0 Å². The van der Waals surface area contributed by atoms with Gasteiger partial charge in [-0.15, -0.1) is 0 Å². The molecule has 1 heterocycles. The van der Waals surface area contributed by atoms with Crippen molar-refractivity contribution in [1.82, 2.24) is 10.0 Å². The van der Waals surface area contributed by atoms with Gasteiger partial charge in [-0.05, 0) is 25.0 Å². The van der Waals surface area contributed by atoms with Crippen LogP contribution in [-0.4, -0.2) is 35.4 Å². The van der Waals surface area contributed by atoms with E-state index < -0.39 is 24.3 Å². The van der Waals surface area contributed by atoms with Crippen LogP contribution in [0.3, 0.4) is 0 Å². The normalized spacial score (nSPS) is 18.6. The average molecular weight is 380 g/mol. The molecule has 0 saturated carbocycles. The summed E-state index contributed by atoms with van der Waals surface area (Å²) in [6, 6.07) is 18.1. The smallest absolute Gasteiger partial charge is 0.429 e. The van der Waals surface area contributed by atoms with E-state index >= 15 is 0 Å². The van der Waals surface area contributed by atoms with E-state index in [0.29, 0.717) is 0 Å². The molecule has 2 aromatic rings. The van der Waals surface area contributed by atoms with Crippen LogP contribution in [0.1, 0.15) is 37.1 Å². The molecule has 146 valence electrons. The third-order valence-electron chi connectivity index (χ3n) is 4.43. The SMILES string of the molecule is CCOC(=O)N1[C@@H](c2ccccc2)C=C[C@@H](c2ccccc2)N1C(=O)OCC. The molecule has 28 heavy (non-hydrogen) atoms. The second-order valence-electron chi connectivity index (χ2n) is 6.18. The standard InChI is InChI=1S/C22H24N2O4/c1-3-27-21(25)23-19(17-11-7-5-8-12-17)15-16-20(18-13-9-6-10-14-18)24(23)22(26)28-4-2/h5-16,19-20H,3-4H2,1-2H3/t19-,20+. The van der Waals surface area contributed by atoms with Crippen LogP contribution in [0.15, 0.2) is 72.8 Å². The van der Waals surface area contributed by atoms with Crippen molar-refractivity contribution in [3.05, 3.63) is 83.9 Å². The topological polar surface area (TPSA) is 59.1 Å². The van der Waals surface area contributed by atoms with E-state index in [-0.39, 0.29) is 13.2 Å². The van der Waals surface area contributed by atoms with Crippen LogP contribution in [0, 0.1) is 0 Å². The summed E-state index contributed by atoms with van der Waals surface area (Å²) in [7, 11) is 0. The van der Waals surface area contributed by atoms with Crippen LogP contribution in [0.5, 0.6) is 0 Å². The van der Waals surface area contributed by atoms with Gasteiger partial charge in [-0.25, -0.2) is 19.6 Å². The molecular weight excluding hydrogens is 356 g/mol. The van der Waals surface area contributed by atoms with Gasteiger partial charge in [-0.3, -0.25) is 0 Å². The Morgan fingerprint density at radius 3 is 1.39 bits per heavy atom. The average Bonchev–Trinajstić information content (AvgIpc) is 2.74. The van der Waals surface area contributed by atoms with Gasteiger partial charge in [-0.1, -0.05) is 72.8 Å². The molecule has 2 aromatic carbocycles. The Hall–Kier alpha value is -3.28. The van der Waals surface area contributed by atoms with Gasteiger partial charge >= 0.3 is 12.2 Å². The minimum Gasteiger partial charge on any atom is -0.448 e. The van der Waals surface area contributed by atoms with Gasteiger partial charge in [0.1, 0.15) is 12.1 Å². The minimum atomic E-state index is -0.602. The molecule has 0 fully saturated rings. The molecule has 0 aliphatic carbocycles. The molecule has 2 atom stereocenters. The van der Waals surface area contributed by atoms with Crippen LogP contribution in [-0.2, 0) is 9.47 Å². The van der Waals surface area contributed by atoms with Crippen LogP contribution in [0.4, 0.5) is 9.59 Å². The summed E-state index contributed by atoms with van der Waals surface area (Å²) in [5.74, 6) is 0. The predicted octanol–water partition coefficient (Wildman–Crippen LogP) is 4.87. The van der Waals surface area contributed by atoms with E-state index in [1.54, 1.807) is 13.8 Å². The molecule has 0 spiro atoms. The van der Waals surface area contributed by atoms with Crippen molar-refractivity contribution in [3.63, 3.8) is 0 Å². The number of hydrazine groups is 1. The first-order valence-corrected chi connectivity index (χ1v) is 9.37. The lowest BCUT2D eigenvalue weighted by molar-refractivity contribution is -0.0561. The summed E-state index contributed by atoms with van der Waals surface area (Å²) in [5.41, 5.74) is 1.74. The van der Waals surface area contributed by atoms with E-state index in [2.05, 4.69) is 0 Å². The Balaban J connectivity index is 2.10. The maximum atomic E-state index is 12.9. The first-order valence-electron chi connectivity index (χ1n) is 9.37. The summed E-state index contributed by atoms with van der Waals surface area (Å²) in [6.07, 6.45) is 2.63. The number of carbonyl (C=O) groups is 2. The van der Waals surface area contributed by atoms with Crippen molar-refractivity contribution < 1.29 is 19.1 Å². The summed E-state index contributed by atoms with van der Waals surface area (Å²) >= 11 is 0. The highest BCUT2D eigenvalue weighted by Crippen LogP contribution is 2.37. The first kappa shape index (κ1) is 19.5. The molecule has 0 aromatic heterocycles. The molecule has 0 radical (unpaired) electrons. The number of carbonyl (C=O) groups excluding carboxylic acids is 2. The fraction of sp³-hybridized carbons (Fsp3) is 0.273. The van der Waals surface area contributed by atoms with Crippen molar-refractivity contribution in [2.75, 3.05) is 13.2 Å². The first-order chi connectivity index (χ1) is 13.7. The zero-order valence-corrected chi connectivity index (χ0v) is 16.0. The van der Waals surface area contributed by atoms with Crippen molar-refractivity contribution in [3.8, 4) is 0 Å². The molecule has 2 amide bonds. The van der Waals surface area contributed by atoms with Crippen molar-refractivity contribution in [2.24, 2.45) is 0 Å². The molecule has 0 N–H and O–H groups in total. The Morgan fingerprint density at radius 2 is 1.07 bits per heavy atom. The van der Waals surface area contributed by atoms with E-state index in [4.69, 9.17) is 9.47 Å². The van der Waals surface area contributed by atoms with Gasteiger partial charge in [0.05, 0.1) is 13.2 Å². The fourth-order valence-electron chi connectivity index (χ4n) is 3.23. The third kappa shape index (κ3) is 4.01. The number of amides is 2. The Labute approximate surface area is 164 Å². The Morgan fingerprint density at radius 1 is 0.714 bits per heavy atom. The molecule has 3 rings (SSSR count). The molecule has 0 unspecified atom stereocenters. The van der Waals surface area contributed by atoms with Crippen molar-refractivity contribution in [1.29, 1.82) is 0 Å². The van der Waals surface area contributed by atoms with E-state index in [1.165, 1.54) is 10.0 Å².